The van der Waals surface area contributed by atoms with Gasteiger partial charge >= 0.3 is 5.97 Å². The van der Waals surface area contributed by atoms with E-state index in [1.54, 1.807) is 31.4 Å². The van der Waals surface area contributed by atoms with Crippen LogP contribution < -0.4 is 4.74 Å². The molecule has 1 heterocycles. The minimum absolute atomic E-state index is 0.0432. The number of carboxylic acids is 1. The molecule has 2 rings (SSSR count). The number of aryl methyl sites for hydroxylation is 2. The van der Waals surface area contributed by atoms with Gasteiger partial charge in [0.2, 0.25) is 0 Å². The topological polar surface area (TPSA) is 89.7 Å². The second kappa shape index (κ2) is 5.92. The van der Waals surface area contributed by atoms with Crippen LogP contribution in [0.3, 0.4) is 0 Å². The quantitative estimate of drug-likeness (QED) is 0.674. The van der Waals surface area contributed by atoms with Gasteiger partial charge in [0.15, 0.2) is 0 Å². The Morgan fingerprint density at radius 1 is 1.38 bits per heavy atom. The van der Waals surface area contributed by atoms with Crippen LogP contribution >= 0.6 is 11.3 Å². The lowest BCUT2D eigenvalue weighted by Gasteiger charge is -2.10. The Kier molecular flexibility index (Phi) is 4.23. The van der Waals surface area contributed by atoms with Gasteiger partial charge in [-0.25, -0.2) is 4.79 Å². The Morgan fingerprint density at radius 3 is 2.71 bits per heavy atom. The highest BCUT2D eigenvalue weighted by atomic mass is 32.1. The number of thiophene rings is 1. The highest BCUT2D eigenvalue weighted by Crippen LogP contribution is 2.29. The van der Waals surface area contributed by atoms with Gasteiger partial charge in [-0.2, -0.15) is 0 Å². The van der Waals surface area contributed by atoms with Crippen molar-refractivity contribution in [2.24, 2.45) is 0 Å². The first kappa shape index (κ1) is 15.0. The van der Waals surface area contributed by atoms with Gasteiger partial charge in [-0.05, 0) is 36.9 Å². The molecule has 0 bridgehead atoms. The molecule has 0 aliphatic rings. The highest BCUT2D eigenvalue weighted by Gasteiger charge is 2.16. The zero-order valence-corrected chi connectivity index (χ0v) is 12.3. The van der Waals surface area contributed by atoms with Crippen molar-refractivity contribution < 1.29 is 19.6 Å². The molecule has 7 heteroatoms. The lowest BCUT2D eigenvalue weighted by molar-refractivity contribution is -0.385. The molecule has 6 nitrogen and oxygen atoms in total. The number of aromatic carboxylic acids is 1. The van der Waals surface area contributed by atoms with E-state index in [9.17, 15) is 14.9 Å². The average molecular weight is 307 g/mol. The predicted molar refractivity (Wildman–Crippen MR) is 78.2 cm³/mol. The molecule has 2 aromatic rings. The SMILES string of the molecule is Cc1cc([N+](=O)[O-])c(C)cc1OCc1ccsc1C(=O)O. The zero-order valence-electron chi connectivity index (χ0n) is 11.5. The summed E-state index contributed by atoms with van der Waals surface area (Å²) in [6, 6.07) is 4.75. The van der Waals surface area contributed by atoms with Gasteiger partial charge in [-0.3, -0.25) is 10.1 Å². The summed E-state index contributed by atoms with van der Waals surface area (Å²) in [6.45, 7) is 3.47. The molecule has 0 atom stereocenters. The van der Waals surface area contributed by atoms with E-state index in [0.717, 1.165) is 11.3 Å². The maximum absolute atomic E-state index is 11.0. The van der Waals surface area contributed by atoms with Crippen molar-refractivity contribution in [1.82, 2.24) is 0 Å². The van der Waals surface area contributed by atoms with Crippen LogP contribution in [0.4, 0.5) is 5.69 Å². The number of benzene rings is 1. The van der Waals surface area contributed by atoms with E-state index in [1.165, 1.54) is 6.07 Å². The molecular weight excluding hydrogens is 294 g/mol. The number of carboxylic acid groups (broad SMARTS) is 1. The molecule has 110 valence electrons. The van der Waals surface area contributed by atoms with Crippen molar-refractivity contribution >= 4 is 23.0 Å². The second-order valence-electron chi connectivity index (χ2n) is 4.53. The van der Waals surface area contributed by atoms with Crippen molar-refractivity contribution in [3.05, 3.63) is 55.3 Å². The summed E-state index contributed by atoms with van der Waals surface area (Å²) in [6.07, 6.45) is 0. The summed E-state index contributed by atoms with van der Waals surface area (Å²) in [7, 11) is 0. The Bertz CT molecular complexity index is 707. The van der Waals surface area contributed by atoms with Gasteiger partial charge in [0.05, 0.1) is 4.92 Å². The molecule has 0 unspecified atom stereocenters. The van der Waals surface area contributed by atoms with E-state index >= 15 is 0 Å². The van der Waals surface area contributed by atoms with Gasteiger partial charge in [0.25, 0.3) is 5.69 Å². The van der Waals surface area contributed by atoms with Crippen molar-refractivity contribution in [3.63, 3.8) is 0 Å². The van der Waals surface area contributed by atoms with E-state index in [1.807, 2.05) is 0 Å². The van der Waals surface area contributed by atoms with Crippen LogP contribution in [0.25, 0.3) is 0 Å². The predicted octanol–water partition coefficient (Wildman–Crippen LogP) is 3.55. The van der Waals surface area contributed by atoms with Crippen LogP contribution in [0.15, 0.2) is 23.6 Å². The molecular formula is C14H13NO5S. The fourth-order valence-corrected chi connectivity index (χ4v) is 2.67. The van der Waals surface area contributed by atoms with E-state index in [4.69, 9.17) is 9.84 Å². The third-order valence-electron chi connectivity index (χ3n) is 3.01. The number of hydrogen-bond acceptors (Lipinski definition) is 5. The lowest BCUT2D eigenvalue weighted by atomic mass is 10.1. The van der Waals surface area contributed by atoms with Crippen LogP contribution in [0.5, 0.6) is 5.75 Å². The lowest BCUT2D eigenvalue weighted by Crippen LogP contribution is -2.03. The Labute approximate surface area is 124 Å². The van der Waals surface area contributed by atoms with Gasteiger partial charge < -0.3 is 9.84 Å². The smallest absolute Gasteiger partial charge is 0.346 e. The normalized spacial score (nSPS) is 10.4. The summed E-state index contributed by atoms with van der Waals surface area (Å²) in [5, 5.41) is 21.6. The van der Waals surface area contributed by atoms with Gasteiger partial charge in [-0.1, -0.05) is 0 Å². The van der Waals surface area contributed by atoms with E-state index < -0.39 is 10.9 Å². The van der Waals surface area contributed by atoms with Gasteiger partial charge in [-0.15, -0.1) is 11.3 Å². The minimum Gasteiger partial charge on any atom is -0.489 e. The fourth-order valence-electron chi connectivity index (χ4n) is 1.92. The molecule has 0 radical (unpaired) electrons. The number of hydrogen-bond donors (Lipinski definition) is 1. The van der Waals surface area contributed by atoms with Crippen LogP contribution in [0, 0.1) is 24.0 Å². The second-order valence-corrected chi connectivity index (χ2v) is 5.45. The molecule has 0 amide bonds. The van der Waals surface area contributed by atoms with E-state index in [2.05, 4.69) is 0 Å². The number of nitro benzene ring substituents is 1. The first-order chi connectivity index (χ1) is 9.90. The highest BCUT2D eigenvalue weighted by molar-refractivity contribution is 7.12. The Balaban J connectivity index is 2.21. The summed E-state index contributed by atoms with van der Waals surface area (Å²) in [5.74, 6) is -0.471. The standard InChI is InChI=1S/C14H13NO5S/c1-8-6-12(9(2)5-11(8)15(18)19)20-7-10-3-4-21-13(10)14(16)17/h3-6H,7H2,1-2H3,(H,16,17). The molecule has 0 aliphatic heterocycles. The maximum atomic E-state index is 11.0. The average Bonchev–Trinajstić information content (AvgIpc) is 2.87. The first-order valence-electron chi connectivity index (χ1n) is 6.08. The monoisotopic (exact) mass is 307 g/mol. The largest absolute Gasteiger partial charge is 0.489 e. The van der Waals surface area contributed by atoms with Crippen LogP contribution in [-0.4, -0.2) is 16.0 Å². The van der Waals surface area contributed by atoms with Crippen LogP contribution in [0.2, 0.25) is 0 Å². The molecule has 0 fully saturated rings. The van der Waals surface area contributed by atoms with Crippen molar-refractivity contribution in [2.75, 3.05) is 0 Å². The number of rotatable bonds is 5. The minimum atomic E-state index is -0.986. The molecule has 0 saturated heterocycles. The Morgan fingerprint density at radius 2 is 2.10 bits per heavy atom. The first-order valence-corrected chi connectivity index (χ1v) is 6.96. The van der Waals surface area contributed by atoms with E-state index in [0.29, 0.717) is 22.4 Å². The van der Waals surface area contributed by atoms with E-state index in [-0.39, 0.29) is 17.2 Å². The molecule has 0 aliphatic carbocycles. The maximum Gasteiger partial charge on any atom is 0.346 e. The molecule has 21 heavy (non-hydrogen) atoms. The number of nitro groups is 1. The summed E-state index contributed by atoms with van der Waals surface area (Å²) >= 11 is 1.14. The third-order valence-corrected chi connectivity index (χ3v) is 3.96. The molecule has 1 aromatic carbocycles. The molecule has 0 saturated carbocycles. The third kappa shape index (κ3) is 3.19. The number of nitrogens with zero attached hydrogens (tertiary/aromatic N) is 1. The molecule has 1 N–H and O–H groups in total. The fraction of sp³-hybridized carbons (Fsp3) is 0.214. The Hall–Kier alpha value is -2.41. The van der Waals surface area contributed by atoms with Gasteiger partial charge in [0.1, 0.15) is 17.2 Å². The van der Waals surface area contributed by atoms with Crippen LogP contribution in [-0.2, 0) is 6.61 Å². The number of carbonyl (C=O) groups is 1. The summed E-state index contributed by atoms with van der Waals surface area (Å²) in [4.78, 5) is 21.7. The molecule has 0 spiro atoms. The van der Waals surface area contributed by atoms with Crippen LogP contribution in [0.1, 0.15) is 26.4 Å². The van der Waals surface area contributed by atoms with Crippen molar-refractivity contribution in [1.29, 1.82) is 0 Å². The zero-order chi connectivity index (χ0) is 15.6. The summed E-state index contributed by atoms with van der Waals surface area (Å²) < 4.78 is 5.61. The van der Waals surface area contributed by atoms with Crippen molar-refractivity contribution in [2.45, 2.75) is 20.5 Å². The van der Waals surface area contributed by atoms with Gasteiger partial charge in [0, 0.05) is 17.2 Å². The summed E-state index contributed by atoms with van der Waals surface area (Å²) in [5.41, 5.74) is 1.77. The van der Waals surface area contributed by atoms with Crippen molar-refractivity contribution in [3.8, 4) is 5.75 Å². The molecule has 1 aromatic heterocycles. The number of ether oxygens (including phenoxy) is 1.